The molecule has 2 aromatic rings. The summed E-state index contributed by atoms with van der Waals surface area (Å²) in [7, 11) is 0. The summed E-state index contributed by atoms with van der Waals surface area (Å²) in [6, 6.07) is 3.85. The van der Waals surface area contributed by atoms with E-state index < -0.39 is 0 Å². The van der Waals surface area contributed by atoms with Gasteiger partial charge in [-0.1, -0.05) is 6.58 Å². The van der Waals surface area contributed by atoms with Crippen LogP contribution in [-0.2, 0) is 0 Å². The first-order chi connectivity index (χ1) is 8.75. The Morgan fingerprint density at radius 1 is 1.33 bits per heavy atom. The van der Waals surface area contributed by atoms with Gasteiger partial charge in [0.15, 0.2) is 5.82 Å². The number of imidazole rings is 1. The fourth-order valence-corrected chi connectivity index (χ4v) is 1.97. The van der Waals surface area contributed by atoms with Gasteiger partial charge in [0.1, 0.15) is 0 Å². The Kier molecular flexibility index (Phi) is 2.64. The van der Waals surface area contributed by atoms with Crippen molar-refractivity contribution >= 4 is 27.4 Å². The van der Waals surface area contributed by atoms with Crippen molar-refractivity contribution in [1.29, 1.82) is 0 Å². The molecule has 3 heterocycles. The highest BCUT2D eigenvalue weighted by Crippen LogP contribution is 2.26. The van der Waals surface area contributed by atoms with Crippen molar-refractivity contribution in [2.24, 2.45) is 0 Å². The average molecular weight is 304 g/mol. The van der Waals surface area contributed by atoms with Crippen molar-refractivity contribution in [3.63, 3.8) is 0 Å². The van der Waals surface area contributed by atoms with Crippen LogP contribution in [0.25, 0.3) is 5.70 Å². The molecular formula is C12H10BrN5. The van der Waals surface area contributed by atoms with Crippen LogP contribution < -0.4 is 10.4 Å². The van der Waals surface area contributed by atoms with Crippen molar-refractivity contribution in [2.45, 2.75) is 0 Å². The summed E-state index contributed by atoms with van der Waals surface area (Å²) in [6.45, 7) is 4.07. The fourth-order valence-electron chi connectivity index (χ4n) is 1.73. The normalized spacial score (nSPS) is 14.6. The number of pyridine rings is 1. The highest BCUT2D eigenvalue weighted by atomic mass is 79.9. The van der Waals surface area contributed by atoms with E-state index in [0.29, 0.717) is 0 Å². The molecule has 0 saturated heterocycles. The lowest BCUT2D eigenvalue weighted by atomic mass is 10.3. The first-order valence-electron chi connectivity index (χ1n) is 5.31. The second-order valence-corrected chi connectivity index (χ2v) is 4.66. The average Bonchev–Trinajstić information content (AvgIpc) is 2.99. The Bertz CT molecular complexity index is 600. The number of nitrogens with one attached hydrogen (secondary N) is 1. The summed E-state index contributed by atoms with van der Waals surface area (Å²) in [5.74, 6) is 0.787. The minimum absolute atomic E-state index is 0.787. The van der Waals surface area contributed by atoms with E-state index in [1.807, 2.05) is 34.1 Å². The largest absolute Gasteiger partial charge is 0.303 e. The quantitative estimate of drug-likeness (QED) is 0.925. The molecule has 0 amide bonds. The zero-order valence-corrected chi connectivity index (χ0v) is 11.0. The van der Waals surface area contributed by atoms with Crippen molar-refractivity contribution < 1.29 is 0 Å². The number of hydrogen-bond acceptors (Lipinski definition) is 4. The van der Waals surface area contributed by atoms with Gasteiger partial charge in [0, 0.05) is 29.3 Å². The lowest BCUT2D eigenvalue weighted by Gasteiger charge is -2.19. The lowest BCUT2D eigenvalue weighted by Crippen LogP contribution is -2.28. The zero-order chi connectivity index (χ0) is 12.5. The fraction of sp³-hybridized carbons (Fsp3) is 0. The van der Waals surface area contributed by atoms with Gasteiger partial charge in [-0.3, -0.25) is 5.43 Å². The molecule has 6 heteroatoms. The molecule has 1 aliphatic heterocycles. The maximum Gasteiger partial charge on any atom is 0.151 e. The third-order valence-corrected chi connectivity index (χ3v) is 3.09. The van der Waals surface area contributed by atoms with Gasteiger partial charge in [-0.25, -0.2) is 15.0 Å². The molecule has 3 rings (SSSR count). The van der Waals surface area contributed by atoms with Crippen LogP contribution in [0.4, 0.5) is 5.82 Å². The van der Waals surface area contributed by atoms with Gasteiger partial charge in [0.05, 0.1) is 17.7 Å². The first-order valence-corrected chi connectivity index (χ1v) is 6.10. The Morgan fingerprint density at radius 3 is 2.89 bits per heavy atom. The smallest absolute Gasteiger partial charge is 0.151 e. The molecule has 0 atom stereocenters. The Morgan fingerprint density at radius 2 is 2.22 bits per heavy atom. The van der Waals surface area contributed by atoms with Crippen LogP contribution in [-0.4, -0.2) is 14.5 Å². The third kappa shape index (κ3) is 1.80. The number of aromatic nitrogens is 3. The molecule has 0 fully saturated rings. The molecule has 1 aliphatic rings. The summed E-state index contributed by atoms with van der Waals surface area (Å²) < 4.78 is 2.84. The molecule has 18 heavy (non-hydrogen) atoms. The minimum Gasteiger partial charge on any atom is -0.303 e. The van der Waals surface area contributed by atoms with Crippen molar-refractivity contribution in [2.75, 3.05) is 5.01 Å². The van der Waals surface area contributed by atoms with Crippen LogP contribution in [0, 0.1) is 0 Å². The second-order valence-electron chi connectivity index (χ2n) is 3.75. The van der Waals surface area contributed by atoms with Crippen molar-refractivity contribution in [3.8, 4) is 0 Å². The van der Waals surface area contributed by atoms with E-state index in [0.717, 1.165) is 21.7 Å². The van der Waals surface area contributed by atoms with Gasteiger partial charge in [0.2, 0.25) is 0 Å². The molecule has 1 N–H and O–H groups in total. The molecule has 0 bridgehead atoms. The Hall–Kier alpha value is -2.08. The van der Waals surface area contributed by atoms with Crippen LogP contribution in [0.3, 0.4) is 0 Å². The predicted octanol–water partition coefficient (Wildman–Crippen LogP) is 2.38. The number of hydrogen-bond donors (Lipinski definition) is 1. The summed E-state index contributed by atoms with van der Waals surface area (Å²) in [4.78, 5) is 8.35. The molecule has 2 aromatic heterocycles. The van der Waals surface area contributed by atoms with Gasteiger partial charge >= 0.3 is 0 Å². The molecule has 0 saturated carbocycles. The number of nitrogens with zero attached hydrogens (tertiary/aromatic N) is 4. The first kappa shape index (κ1) is 11.0. The van der Waals surface area contributed by atoms with Gasteiger partial charge in [-0.05, 0) is 28.1 Å². The topological polar surface area (TPSA) is 46.0 Å². The number of anilines is 1. The Balaban J connectivity index is 1.87. The van der Waals surface area contributed by atoms with Gasteiger partial charge in [0.25, 0.3) is 0 Å². The number of rotatable bonds is 2. The third-order valence-electron chi connectivity index (χ3n) is 2.62. The standard InChI is InChI=1S/C12H10BrN5/c1-9-11(17-5-4-14-8-17)7-16-18(9)12-3-2-10(13)6-15-12/h2-8,16H,1H2. The molecule has 0 aliphatic carbocycles. The van der Waals surface area contributed by atoms with E-state index in [-0.39, 0.29) is 0 Å². The highest BCUT2D eigenvalue weighted by molar-refractivity contribution is 9.10. The van der Waals surface area contributed by atoms with Crippen molar-refractivity contribution in [1.82, 2.24) is 20.0 Å². The molecule has 90 valence electrons. The molecule has 0 radical (unpaired) electrons. The number of halogens is 1. The van der Waals surface area contributed by atoms with Crippen LogP contribution in [0.5, 0.6) is 0 Å². The molecule has 0 unspecified atom stereocenters. The molecular weight excluding hydrogens is 294 g/mol. The molecule has 0 spiro atoms. The summed E-state index contributed by atoms with van der Waals surface area (Å²) in [5.41, 5.74) is 4.89. The van der Waals surface area contributed by atoms with E-state index in [2.05, 4.69) is 37.9 Å². The van der Waals surface area contributed by atoms with E-state index in [9.17, 15) is 0 Å². The van der Waals surface area contributed by atoms with Gasteiger partial charge in [-0.15, -0.1) is 0 Å². The minimum atomic E-state index is 0.787. The lowest BCUT2D eigenvalue weighted by molar-refractivity contribution is 0.870. The maximum atomic E-state index is 4.32. The van der Waals surface area contributed by atoms with E-state index in [1.54, 1.807) is 18.7 Å². The van der Waals surface area contributed by atoms with E-state index in [4.69, 9.17) is 0 Å². The van der Waals surface area contributed by atoms with Crippen LogP contribution in [0.2, 0.25) is 0 Å². The molecule has 5 nitrogen and oxygen atoms in total. The number of hydrazine groups is 1. The zero-order valence-electron chi connectivity index (χ0n) is 9.42. The van der Waals surface area contributed by atoms with Crippen LogP contribution in [0.1, 0.15) is 0 Å². The summed E-state index contributed by atoms with van der Waals surface area (Å²) >= 11 is 3.36. The predicted molar refractivity (Wildman–Crippen MR) is 73.2 cm³/mol. The summed E-state index contributed by atoms with van der Waals surface area (Å²) in [6.07, 6.45) is 8.95. The van der Waals surface area contributed by atoms with Gasteiger partial charge in [-0.2, -0.15) is 0 Å². The Labute approximate surface area is 113 Å². The number of allylic oxidation sites excluding steroid dienone is 1. The van der Waals surface area contributed by atoms with Crippen LogP contribution >= 0.6 is 15.9 Å². The summed E-state index contributed by atoms with van der Waals surface area (Å²) in [5, 5.41) is 1.82. The molecule has 0 aromatic carbocycles. The maximum absolute atomic E-state index is 4.32. The monoisotopic (exact) mass is 303 g/mol. The van der Waals surface area contributed by atoms with E-state index >= 15 is 0 Å². The highest BCUT2D eigenvalue weighted by Gasteiger charge is 2.21. The van der Waals surface area contributed by atoms with Gasteiger partial charge < -0.3 is 4.57 Å². The van der Waals surface area contributed by atoms with E-state index in [1.165, 1.54) is 0 Å². The van der Waals surface area contributed by atoms with Crippen molar-refractivity contribution in [3.05, 3.63) is 60.0 Å². The van der Waals surface area contributed by atoms with Crippen LogP contribution in [0.15, 0.2) is 60.0 Å². The second kappa shape index (κ2) is 4.30. The SMILES string of the molecule is C=C1C(n2ccnc2)=CNN1c1ccc(Br)cn1.